The first-order valence-electron chi connectivity index (χ1n) is 6.58. The molecule has 5 heteroatoms. The largest absolute Gasteiger partial charge is 0.493 e. The Morgan fingerprint density at radius 2 is 1.95 bits per heavy atom. The quantitative estimate of drug-likeness (QED) is 0.879. The minimum atomic E-state index is 0.754. The monoisotopic (exact) mass is 275 g/mol. The van der Waals surface area contributed by atoms with E-state index >= 15 is 0 Å². The Bertz CT molecular complexity index is 578. The number of hydrogen-bond acceptors (Lipinski definition) is 4. The number of ether oxygens (including phenoxy) is 2. The number of methoxy groups -OCH3 is 2. The molecule has 0 aliphatic heterocycles. The smallest absolute Gasteiger partial charge is 0.202 e. The standard InChI is InChI=1S/C15H21N3O2/c1-11-10-18(2)15(17-11)16-8-7-12-5-6-13(19-3)14(9-12)20-4/h5-6,9-10H,7-8H2,1-4H3,(H,16,17). The predicted molar refractivity (Wildman–Crippen MR) is 79.7 cm³/mol. The molecule has 0 amide bonds. The molecule has 0 bridgehead atoms. The van der Waals surface area contributed by atoms with Crippen LogP contribution in [0.5, 0.6) is 11.5 Å². The number of hydrogen-bond donors (Lipinski definition) is 1. The van der Waals surface area contributed by atoms with Crippen molar-refractivity contribution in [2.75, 3.05) is 26.1 Å². The summed E-state index contributed by atoms with van der Waals surface area (Å²) < 4.78 is 12.5. The number of aryl methyl sites for hydroxylation is 2. The first-order chi connectivity index (χ1) is 9.63. The van der Waals surface area contributed by atoms with Crippen LogP contribution in [0.3, 0.4) is 0 Å². The molecule has 1 aromatic heterocycles. The first-order valence-corrected chi connectivity index (χ1v) is 6.58. The number of nitrogens with zero attached hydrogens (tertiary/aromatic N) is 2. The molecule has 0 aliphatic carbocycles. The van der Waals surface area contributed by atoms with Gasteiger partial charge in [-0.2, -0.15) is 0 Å². The Kier molecular flexibility index (Phi) is 4.50. The number of imidazole rings is 1. The summed E-state index contributed by atoms with van der Waals surface area (Å²) in [5, 5.41) is 3.33. The summed E-state index contributed by atoms with van der Waals surface area (Å²) in [6, 6.07) is 5.98. The van der Waals surface area contributed by atoms with Crippen molar-refractivity contribution in [1.29, 1.82) is 0 Å². The fraction of sp³-hybridized carbons (Fsp3) is 0.400. The summed E-state index contributed by atoms with van der Waals surface area (Å²) in [6.07, 6.45) is 2.89. The summed E-state index contributed by atoms with van der Waals surface area (Å²) in [5.74, 6) is 2.41. The van der Waals surface area contributed by atoms with Crippen LogP contribution in [-0.2, 0) is 13.5 Å². The molecule has 0 atom stereocenters. The van der Waals surface area contributed by atoms with Crippen molar-refractivity contribution in [3.05, 3.63) is 35.7 Å². The van der Waals surface area contributed by atoms with Gasteiger partial charge in [-0.3, -0.25) is 0 Å². The minimum absolute atomic E-state index is 0.754. The molecule has 0 aliphatic rings. The lowest BCUT2D eigenvalue weighted by Gasteiger charge is -2.10. The van der Waals surface area contributed by atoms with Crippen LogP contribution in [0.2, 0.25) is 0 Å². The second kappa shape index (κ2) is 6.32. The van der Waals surface area contributed by atoms with Gasteiger partial charge in [-0.15, -0.1) is 0 Å². The summed E-state index contributed by atoms with van der Waals surface area (Å²) in [6.45, 7) is 2.80. The van der Waals surface area contributed by atoms with E-state index in [0.29, 0.717) is 0 Å². The molecule has 1 heterocycles. The van der Waals surface area contributed by atoms with Crippen LogP contribution in [0, 0.1) is 6.92 Å². The van der Waals surface area contributed by atoms with Gasteiger partial charge in [-0.1, -0.05) is 6.07 Å². The van der Waals surface area contributed by atoms with E-state index in [0.717, 1.165) is 36.1 Å². The normalized spacial score (nSPS) is 10.4. The SMILES string of the molecule is COc1ccc(CCNc2nc(C)cn2C)cc1OC. The maximum Gasteiger partial charge on any atom is 0.202 e. The van der Waals surface area contributed by atoms with Gasteiger partial charge in [0.15, 0.2) is 11.5 Å². The van der Waals surface area contributed by atoms with Crippen molar-refractivity contribution in [2.45, 2.75) is 13.3 Å². The van der Waals surface area contributed by atoms with Crippen LogP contribution in [0.1, 0.15) is 11.3 Å². The average molecular weight is 275 g/mol. The van der Waals surface area contributed by atoms with Gasteiger partial charge in [0.25, 0.3) is 0 Å². The van der Waals surface area contributed by atoms with Crippen LogP contribution < -0.4 is 14.8 Å². The van der Waals surface area contributed by atoms with E-state index in [-0.39, 0.29) is 0 Å². The highest BCUT2D eigenvalue weighted by Crippen LogP contribution is 2.27. The van der Waals surface area contributed by atoms with Crippen molar-refractivity contribution < 1.29 is 9.47 Å². The lowest BCUT2D eigenvalue weighted by atomic mass is 10.1. The summed E-state index contributed by atoms with van der Waals surface area (Å²) in [4.78, 5) is 4.41. The summed E-state index contributed by atoms with van der Waals surface area (Å²) in [5.41, 5.74) is 2.21. The summed E-state index contributed by atoms with van der Waals surface area (Å²) in [7, 11) is 5.28. The van der Waals surface area contributed by atoms with Crippen LogP contribution in [-0.4, -0.2) is 30.3 Å². The third kappa shape index (κ3) is 3.23. The van der Waals surface area contributed by atoms with E-state index in [4.69, 9.17) is 9.47 Å². The van der Waals surface area contributed by atoms with E-state index in [1.165, 1.54) is 5.56 Å². The molecule has 0 spiro atoms. The zero-order valence-corrected chi connectivity index (χ0v) is 12.4. The maximum absolute atomic E-state index is 5.30. The number of aromatic nitrogens is 2. The van der Waals surface area contributed by atoms with Gasteiger partial charge >= 0.3 is 0 Å². The highest BCUT2D eigenvalue weighted by Gasteiger charge is 2.05. The van der Waals surface area contributed by atoms with Crippen molar-refractivity contribution in [3.8, 4) is 11.5 Å². The number of nitrogens with one attached hydrogen (secondary N) is 1. The Labute approximate surface area is 119 Å². The van der Waals surface area contributed by atoms with Crippen LogP contribution in [0.25, 0.3) is 0 Å². The summed E-state index contributed by atoms with van der Waals surface area (Å²) >= 11 is 0. The van der Waals surface area contributed by atoms with E-state index in [9.17, 15) is 0 Å². The molecule has 1 aromatic carbocycles. The Hall–Kier alpha value is -2.17. The molecule has 2 aromatic rings. The zero-order valence-electron chi connectivity index (χ0n) is 12.4. The molecule has 0 saturated carbocycles. The minimum Gasteiger partial charge on any atom is -0.493 e. The predicted octanol–water partition coefficient (Wildman–Crippen LogP) is 2.40. The van der Waals surface area contributed by atoms with Crippen LogP contribution in [0.4, 0.5) is 5.95 Å². The second-order valence-corrected chi connectivity index (χ2v) is 4.68. The van der Waals surface area contributed by atoms with Gasteiger partial charge in [-0.25, -0.2) is 4.98 Å². The van der Waals surface area contributed by atoms with Gasteiger partial charge in [-0.05, 0) is 31.0 Å². The van der Waals surface area contributed by atoms with Gasteiger partial charge in [0.1, 0.15) is 0 Å². The molecule has 5 nitrogen and oxygen atoms in total. The lowest BCUT2D eigenvalue weighted by Crippen LogP contribution is -2.09. The fourth-order valence-electron chi connectivity index (χ4n) is 2.14. The molecular weight excluding hydrogens is 254 g/mol. The lowest BCUT2D eigenvalue weighted by molar-refractivity contribution is 0.354. The average Bonchev–Trinajstić information content (AvgIpc) is 2.77. The van der Waals surface area contributed by atoms with Crippen LogP contribution in [0.15, 0.2) is 24.4 Å². The second-order valence-electron chi connectivity index (χ2n) is 4.68. The molecule has 0 fully saturated rings. The number of rotatable bonds is 6. The molecule has 108 valence electrons. The van der Waals surface area contributed by atoms with Crippen molar-refractivity contribution in [3.63, 3.8) is 0 Å². The number of anilines is 1. The molecule has 2 rings (SSSR count). The van der Waals surface area contributed by atoms with Gasteiger partial charge in [0.05, 0.1) is 19.9 Å². The van der Waals surface area contributed by atoms with Gasteiger partial charge in [0.2, 0.25) is 5.95 Å². The third-order valence-corrected chi connectivity index (χ3v) is 3.14. The topological polar surface area (TPSA) is 48.3 Å². The van der Waals surface area contributed by atoms with Gasteiger partial charge < -0.3 is 19.4 Å². The van der Waals surface area contributed by atoms with E-state index in [2.05, 4.69) is 10.3 Å². The van der Waals surface area contributed by atoms with Crippen molar-refractivity contribution in [2.24, 2.45) is 7.05 Å². The Morgan fingerprint density at radius 1 is 1.20 bits per heavy atom. The first kappa shape index (κ1) is 14.2. The van der Waals surface area contributed by atoms with E-state index in [1.807, 2.05) is 42.9 Å². The van der Waals surface area contributed by atoms with Crippen molar-refractivity contribution in [1.82, 2.24) is 9.55 Å². The zero-order chi connectivity index (χ0) is 14.5. The van der Waals surface area contributed by atoms with E-state index in [1.54, 1.807) is 14.2 Å². The maximum atomic E-state index is 5.30. The molecular formula is C15H21N3O2. The highest BCUT2D eigenvalue weighted by molar-refractivity contribution is 5.43. The van der Waals surface area contributed by atoms with E-state index < -0.39 is 0 Å². The third-order valence-electron chi connectivity index (χ3n) is 3.14. The molecule has 0 saturated heterocycles. The molecule has 20 heavy (non-hydrogen) atoms. The molecule has 0 radical (unpaired) electrons. The van der Waals surface area contributed by atoms with Crippen LogP contribution >= 0.6 is 0 Å². The Morgan fingerprint density at radius 3 is 2.55 bits per heavy atom. The molecule has 1 N–H and O–H groups in total. The number of benzene rings is 1. The Balaban J connectivity index is 1.95. The highest BCUT2D eigenvalue weighted by atomic mass is 16.5. The van der Waals surface area contributed by atoms with Gasteiger partial charge in [0, 0.05) is 19.8 Å². The molecule has 0 unspecified atom stereocenters. The van der Waals surface area contributed by atoms with Crippen molar-refractivity contribution >= 4 is 5.95 Å². The fourth-order valence-corrected chi connectivity index (χ4v) is 2.14.